The second kappa shape index (κ2) is 7.22. The summed E-state index contributed by atoms with van der Waals surface area (Å²) < 4.78 is 0. The van der Waals surface area contributed by atoms with Gasteiger partial charge in [-0.3, -0.25) is 0 Å². The van der Waals surface area contributed by atoms with Crippen LogP contribution in [0.15, 0.2) is 0 Å². The quantitative estimate of drug-likeness (QED) is 0.425. The van der Waals surface area contributed by atoms with Gasteiger partial charge in [0.25, 0.3) is 0 Å². The molecule has 16 heavy (non-hydrogen) atoms. The van der Waals surface area contributed by atoms with Crippen molar-refractivity contribution in [1.29, 1.82) is 0 Å². The van der Waals surface area contributed by atoms with Crippen molar-refractivity contribution in [2.75, 3.05) is 39.3 Å². The molecule has 0 saturated carbocycles. The molecule has 0 bridgehead atoms. The van der Waals surface area contributed by atoms with E-state index in [1.807, 2.05) is 0 Å². The molecule has 4 heteroatoms. The van der Waals surface area contributed by atoms with Crippen LogP contribution in [0.1, 0.15) is 27.7 Å². The van der Waals surface area contributed by atoms with Crippen molar-refractivity contribution in [2.24, 2.45) is 22.3 Å². The zero-order valence-corrected chi connectivity index (χ0v) is 11.4. The fourth-order valence-corrected chi connectivity index (χ4v) is 1.17. The lowest BCUT2D eigenvalue weighted by Crippen LogP contribution is -2.41. The predicted octanol–water partition coefficient (Wildman–Crippen LogP) is 0.135. The summed E-state index contributed by atoms with van der Waals surface area (Å²) in [6.45, 7) is 14.0. The van der Waals surface area contributed by atoms with Crippen LogP contribution in [0.5, 0.6) is 0 Å². The van der Waals surface area contributed by atoms with Gasteiger partial charge in [0.15, 0.2) is 0 Å². The van der Waals surface area contributed by atoms with Gasteiger partial charge >= 0.3 is 0 Å². The Balaban J connectivity index is 3.42. The fraction of sp³-hybridized carbons (Fsp3) is 1.00. The molecule has 0 rings (SSSR count). The smallest absolute Gasteiger partial charge is 0.00769 e. The highest BCUT2D eigenvalue weighted by Crippen LogP contribution is 2.10. The number of hydrogen-bond donors (Lipinski definition) is 4. The van der Waals surface area contributed by atoms with Gasteiger partial charge in [-0.15, -0.1) is 0 Å². The Morgan fingerprint density at radius 1 is 0.750 bits per heavy atom. The van der Waals surface area contributed by atoms with E-state index in [9.17, 15) is 0 Å². The first kappa shape index (κ1) is 15.8. The second-order valence-electron chi connectivity index (χ2n) is 6.09. The number of hydrogen-bond acceptors (Lipinski definition) is 4. The number of nitrogens with two attached hydrogens (primary N) is 2. The van der Waals surface area contributed by atoms with Crippen molar-refractivity contribution in [3.8, 4) is 0 Å². The standard InChI is InChI=1S/C12H30N4/c1-11(2,7-13)9-15-5-6-16-10-12(3,4)8-14/h15-16H,5-10,13-14H2,1-4H3. The minimum absolute atomic E-state index is 0.191. The van der Waals surface area contributed by atoms with Crippen molar-refractivity contribution in [1.82, 2.24) is 10.6 Å². The van der Waals surface area contributed by atoms with Gasteiger partial charge in [0, 0.05) is 26.2 Å². The topological polar surface area (TPSA) is 76.1 Å². The van der Waals surface area contributed by atoms with Gasteiger partial charge in [-0.2, -0.15) is 0 Å². The first-order chi connectivity index (χ1) is 7.33. The molecular weight excluding hydrogens is 200 g/mol. The van der Waals surface area contributed by atoms with Crippen LogP contribution in [0.3, 0.4) is 0 Å². The van der Waals surface area contributed by atoms with Crippen LogP contribution in [0.2, 0.25) is 0 Å². The molecule has 0 aliphatic rings. The first-order valence-electron chi connectivity index (χ1n) is 6.14. The van der Waals surface area contributed by atoms with E-state index in [1.54, 1.807) is 0 Å². The van der Waals surface area contributed by atoms with Crippen molar-refractivity contribution >= 4 is 0 Å². The maximum absolute atomic E-state index is 5.65. The lowest BCUT2D eigenvalue weighted by molar-refractivity contribution is 0.335. The van der Waals surface area contributed by atoms with E-state index in [4.69, 9.17) is 11.5 Å². The first-order valence-corrected chi connectivity index (χ1v) is 6.14. The molecule has 0 saturated heterocycles. The molecule has 0 spiro atoms. The van der Waals surface area contributed by atoms with Crippen LogP contribution >= 0.6 is 0 Å². The molecule has 0 aromatic carbocycles. The van der Waals surface area contributed by atoms with Gasteiger partial charge in [0.2, 0.25) is 0 Å². The Hall–Kier alpha value is -0.160. The SMILES string of the molecule is CC(C)(CN)CNCCNCC(C)(C)CN. The van der Waals surface area contributed by atoms with Gasteiger partial charge < -0.3 is 22.1 Å². The van der Waals surface area contributed by atoms with Gasteiger partial charge in [0.1, 0.15) is 0 Å². The molecule has 0 aromatic rings. The van der Waals surface area contributed by atoms with Crippen LogP contribution in [0.4, 0.5) is 0 Å². The number of rotatable bonds is 9. The third-order valence-electron chi connectivity index (χ3n) is 2.79. The average molecular weight is 230 g/mol. The largest absolute Gasteiger partial charge is 0.330 e. The normalized spacial score (nSPS) is 13.1. The van der Waals surface area contributed by atoms with Crippen molar-refractivity contribution in [2.45, 2.75) is 27.7 Å². The Bertz CT molecular complexity index is 158. The predicted molar refractivity (Wildman–Crippen MR) is 71.4 cm³/mol. The minimum atomic E-state index is 0.191. The van der Waals surface area contributed by atoms with E-state index in [2.05, 4.69) is 38.3 Å². The van der Waals surface area contributed by atoms with Crippen molar-refractivity contribution in [3.63, 3.8) is 0 Å². The van der Waals surface area contributed by atoms with Gasteiger partial charge in [-0.25, -0.2) is 0 Å². The van der Waals surface area contributed by atoms with Gasteiger partial charge in [0.05, 0.1) is 0 Å². The molecule has 98 valence electrons. The van der Waals surface area contributed by atoms with Crippen LogP contribution in [0, 0.1) is 10.8 Å². The molecule has 0 heterocycles. The summed E-state index contributed by atoms with van der Waals surface area (Å²) in [6, 6.07) is 0. The average Bonchev–Trinajstić information content (AvgIpc) is 2.23. The maximum atomic E-state index is 5.65. The number of nitrogens with one attached hydrogen (secondary N) is 2. The molecule has 0 amide bonds. The molecular formula is C12H30N4. The molecule has 0 fully saturated rings. The lowest BCUT2D eigenvalue weighted by Gasteiger charge is -2.24. The third-order valence-corrected chi connectivity index (χ3v) is 2.79. The highest BCUT2D eigenvalue weighted by molar-refractivity contribution is 4.74. The highest BCUT2D eigenvalue weighted by Gasteiger charge is 2.15. The zero-order valence-electron chi connectivity index (χ0n) is 11.4. The van der Waals surface area contributed by atoms with Gasteiger partial charge in [-0.1, -0.05) is 27.7 Å². The summed E-state index contributed by atoms with van der Waals surface area (Å²) >= 11 is 0. The molecule has 4 nitrogen and oxygen atoms in total. The Labute approximate surface area is 101 Å². The van der Waals surface area contributed by atoms with Crippen LogP contribution in [0.25, 0.3) is 0 Å². The summed E-state index contributed by atoms with van der Waals surface area (Å²) in [7, 11) is 0. The maximum Gasteiger partial charge on any atom is 0.00769 e. The molecule has 0 atom stereocenters. The highest BCUT2D eigenvalue weighted by atomic mass is 15.0. The Kier molecular flexibility index (Phi) is 7.15. The monoisotopic (exact) mass is 230 g/mol. The Morgan fingerprint density at radius 3 is 1.31 bits per heavy atom. The van der Waals surface area contributed by atoms with E-state index in [0.717, 1.165) is 26.2 Å². The summed E-state index contributed by atoms with van der Waals surface area (Å²) in [6.07, 6.45) is 0. The van der Waals surface area contributed by atoms with E-state index in [0.29, 0.717) is 13.1 Å². The lowest BCUT2D eigenvalue weighted by atomic mass is 9.93. The van der Waals surface area contributed by atoms with E-state index >= 15 is 0 Å². The fourth-order valence-electron chi connectivity index (χ4n) is 1.17. The van der Waals surface area contributed by atoms with Crippen LogP contribution in [-0.2, 0) is 0 Å². The third kappa shape index (κ3) is 8.05. The van der Waals surface area contributed by atoms with E-state index < -0.39 is 0 Å². The molecule has 0 radical (unpaired) electrons. The van der Waals surface area contributed by atoms with Gasteiger partial charge in [-0.05, 0) is 23.9 Å². The van der Waals surface area contributed by atoms with Crippen molar-refractivity contribution < 1.29 is 0 Å². The minimum Gasteiger partial charge on any atom is -0.330 e. The molecule has 6 N–H and O–H groups in total. The summed E-state index contributed by atoms with van der Waals surface area (Å²) in [5.41, 5.74) is 11.7. The van der Waals surface area contributed by atoms with E-state index in [1.165, 1.54) is 0 Å². The molecule has 0 aliphatic heterocycles. The summed E-state index contributed by atoms with van der Waals surface area (Å²) in [5, 5.41) is 6.81. The second-order valence-corrected chi connectivity index (χ2v) is 6.09. The van der Waals surface area contributed by atoms with E-state index in [-0.39, 0.29) is 10.8 Å². The summed E-state index contributed by atoms with van der Waals surface area (Å²) in [4.78, 5) is 0. The Morgan fingerprint density at radius 2 is 1.06 bits per heavy atom. The van der Waals surface area contributed by atoms with Crippen LogP contribution in [-0.4, -0.2) is 39.3 Å². The molecule has 0 unspecified atom stereocenters. The molecule has 0 aromatic heterocycles. The van der Waals surface area contributed by atoms with Crippen molar-refractivity contribution in [3.05, 3.63) is 0 Å². The summed E-state index contributed by atoms with van der Waals surface area (Å²) in [5.74, 6) is 0. The van der Waals surface area contributed by atoms with Crippen LogP contribution < -0.4 is 22.1 Å². The zero-order chi connectivity index (χ0) is 12.7. The molecule has 0 aliphatic carbocycles.